The Morgan fingerprint density at radius 2 is 1.86 bits per heavy atom. The molecule has 0 spiro atoms. The quantitative estimate of drug-likeness (QED) is 0.772. The van der Waals surface area contributed by atoms with Crippen LogP contribution in [-0.4, -0.2) is 45.2 Å². The van der Waals surface area contributed by atoms with Crippen LogP contribution in [0.4, 0.5) is 5.69 Å². The van der Waals surface area contributed by atoms with Crippen molar-refractivity contribution < 1.29 is 22.7 Å². The molecule has 1 atom stereocenters. The van der Waals surface area contributed by atoms with E-state index < -0.39 is 21.5 Å². The van der Waals surface area contributed by atoms with Crippen molar-refractivity contribution in [2.24, 2.45) is 5.92 Å². The van der Waals surface area contributed by atoms with Gasteiger partial charge in [-0.05, 0) is 68.7 Å². The fourth-order valence-electron chi connectivity index (χ4n) is 4.37. The maximum absolute atomic E-state index is 12.9. The molecule has 3 rings (SSSR count). The van der Waals surface area contributed by atoms with Crippen LogP contribution in [-0.2, 0) is 26.0 Å². The van der Waals surface area contributed by atoms with Gasteiger partial charge in [0.2, 0.25) is 10.0 Å². The molecule has 1 fully saturated rings. The smallest absolute Gasteiger partial charge is 0.331 e. The molecule has 1 heterocycles. The highest BCUT2D eigenvalue weighted by atomic mass is 32.2. The zero-order valence-electron chi connectivity index (χ0n) is 16.8. The molecular weight excluding hydrogens is 380 g/mol. The van der Waals surface area contributed by atoms with E-state index in [4.69, 9.17) is 4.74 Å². The number of hydrogen-bond acceptors (Lipinski definition) is 5. The maximum atomic E-state index is 12.9. The minimum Gasteiger partial charge on any atom is -0.467 e. The highest BCUT2D eigenvalue weighted by molar-refractivity contribution is 7.92. The van der Waals surface area contributed by atoms with Crippen molar-refractivity contribution in [2.75, 3.05) is 17.7 Å². The lowest BCUT2D eigenvalue weighted by atomic mass is 9.77. The molecule has 1 saturated carbocycles. The van der Waals surface area contributed by atoms with Gasteiger partial charge >= 0.3 is 5.97 Å². The van der Waals surface area contributed by atoms with Crippen LogP contribution in [0, 0.1) is 5.92 Å². The highest BCUT2D eigenvalue weighted by Crippen LogP contribution is 2.36. The molecule has 1 aliphatic carbocycles. The second-order valence-electron chi connectivity index (χ2n) is 8.17. The Hall–Kier alpha value is -2.09. The van der Waals surface area contributed by atoms with E-state index in [-0.39, 0.29) is 11.9 Å². The third-order valence-corrected chi connectivity index (χ3v) is 7.18. The summed E-state index contributed by atoms with van der Waals surface area (Å²) >= 11 is 0. The van der Waals surface area contributed by atoms with Crippen LogP contribution in [0.2, 0.25) is 0 Å². The first-order valence-corrected chi connectivity index (χ1v) is 11.5. The first-order chi connectivity index (χ1) is 13.1. The van der Waals surface area contributed by atoms with Gasteiger partial charge in [-0.25, -0.2) is 13.2 Å². The Morgan fingerprint density at radius 3 is 2.43 bits per heavy atom. The molecule has 7 nitrogen and oxygen atoms in total. The van der Waals surface area contributed by atoms with E-state index in [0.29, 0.717) is 36.4 Å². The van der Waals surface area contributed by atoms with E-state index in [1.807, 2.05) is 6.92 Å². The van der Waals surface area contributed by atoms with Gasteiger partial charge in [0.1, 0.15) is 5.54 Å². The van der Waals surface area contributed by atoms with Gasteiger partial charge in [-0.1, -0.05) is 6.92 Å². The van der Waals surface area contributed by atoms with Crippen LogP contribution < -0.4 is 9.62 Å². The fourth-order valence-corrected chi connectivity index (χ4v) is 5.63. The Bertz CT molecular complexity index is 888. The van der Waals surface area contributed by atoms with E-state index >= 15 is 0 Å². The molecule has 1 N–H and O–H groups in total. The molecule has 1 aliphatic heterocycles. The normalized spacial score (nSPS) is 27.2. The van der Waals surface area contributed by atoms with Gasteiger partial charge in [-0.3, -0.25) is 9.10 Å². The molecule has 2 aliphatic rings. The molecule has 154 valence electrons. The predicted octanol–water partition coefficient (Wildman–Crippen LogP) is 2.25. The topological polar surface area (TPSA) is 92.8 Å². The lowest BCUT2D eigenvalue weighted by Gasteiger charge is -2.37. The monoisotopic (exact) mass is 408 g/mol. The van der Waals surface area contributed by atoms with Crippen LogP contribution in [0.3, 0.4) is 0 Å². The molecule has 8 heteroatoms. The molecule has 1 amide bonds. The number of hydrogen-bond donors (Lipinski definition) is 1. The number of nitrogens with zero attached hydrogens (tertiary/aromatic N) is 1. The SMILES string of the molecule is COC(=O)C1(NC(=O)c2ccc3c(c2)CC(C)N3S(C)(=O)=O)CCC(C)CC1. The second-order valence-corrected chi connectivity index (χ2v) is 10.0. The number of amides is 1. The summed E-state index contributed by atoms with van der Waals surface area (Å²) in [5, 5.41) is 2.92. The van der Waals surface area contributed by atoms with Crippen molar-refractivity contribution >= 4 is 27.6 Å². The summed E-state index contributed by atoms with van der Waals surface area (Å²) in [4.78, 5) is 25.4. The van der Waals surface area contributed by atoms with Crippen molar-refractivity contribution in [1.29, 1.82) is 0 Å². The molecular formula is C20H28N2O5S. The third kappa shape index (κ3) is 3.74. The summed E-state index contributed by atoms with van der Waals surface area (Å²) in [5.41, 5.74) is 0.850. The van der Waals surface area contributed by atoms with Gasteiger partial charge in [0, 0.05) is 11.6 Å². The lowest BCUT2D eigenvalue weighted by Crippen LogP contribution is -2.56. The van der Waals surface area contributed by atoms with Crippen molar-refractivity contribution in [3.05, 3.63) is 29.3 Å². The van der Waals surface area contributed by atoms with E-state index in [2.05, 4.69) is 12.2 Å². The van der Waals surface area contributed by atoms with Gasteiger partial charge in [0.15, 0.2) is 0 Å². The summed E-state index contributed by atoms with van der Waals surface area (Å²) in [7, 11) is -2.04. The number of benzene rings is 1. The first kappa shape index (κ1) is 20.6. The molecule has 1 unspecified atom stereocenters. The zero-order chi connectivity index (χ0) is 20.7. The number of nitrogens with one attached hydrogen (secondary N) is 1. The molecule has 0 aromatic heterocycles. The highest BCUT2D eigenvalue weighted by Gasteiger charge is 2.43. The summed E-state index contributed by atoms with van der Waals surface area (Å²) < 4.78 is 30.5. The summed E-state index contributed by atoms with van der Waals surface area (Å²) in [5.74, 6) is -0.239. The van der Waals surface area contributed by atoms with Gasteiger partial charge in [-0.2, -0.15) is 0 Å². The molecule has 28 heavy (non-hydrogen) atoms. The summed E-state index contributed by atoms with van der Waals surface area (Å²) in [6, 6.07) is 4.82. The molecule has 0 bridgehead atoms. The molecule has 1 aromatic carbocycles. The van der Waals surface area contributed by atoms with Crippen LogP contribution in [0.1, 0.15) is 55.5 Å². The Labute approximate surface area is 166 Å². The van der Waals surface area contributed by atoms with E-state index in [0.717, 1.165) is 18.4 Å². The van der Waals surface area contributed by atoms with Gasteiger partial charge in [0.05, 0.1) is 19.1 Å². The number of carbonyl (C=O) groups is 2. The standard InChI is InChI=1S/C20H28N2O5S/c1-13-7-9-20(10-8-13,19(24)27-3)21-18(23)15-5-6-17-16(12-15)11-14(2)22(17)28(4,25)26/h5-6,12-14H,7-11H2,1-4H3,(H,21,23). The maximum Gasteiger partial charge on any atom is 0.331 e. The van der Waals surface area contributed by atoms with Crippen LogP contribution in [0.15, 0.2) is 18.2 Å². The van der Waals surface area contributed by atoms with E-state index in [1.54, 1.807) is 18.2 Å². The number of rotatable bonds is 4. The summed E-state index contributed by atoms with van der Waals surface area (Å²) in [6.07, 6.45) is 4.53. The number of ether oxygens (including phenoxy) is 1. The van der Waals surface area contributed by atoms with Crippen molar-refractivity contribution in [3.8, 4) is 0 Å². The summed E-state index contributed by atoms with van der Waals surface area (Å²) in [6.45, 7) is 3.98. The lowest BCUT2D eigenvalue weighted by molar-refractivity contribution is -0.150. The van der Waals surface area contributed by atoms with E-state index in [9.17, 15) is 18.0 Å². The Kier molecular flexibility index (Phi) is 5.44. The Morgan fingerprint density at radius 1 is 1.21 bits per heavy atom. The number of sulfonamides is 1. The number of anilines is 1. The van der Waals surface area contributed by atoms with Crippen molar-refractivity contribution in [1.82, 2.24) is 5.32 Å². The van der Waals surface area contributed by atoms with Gasteiger partial charge in [-0.15, -0.1) is 0 Å². The minimum atomic E-state index is -3.38. The molecule has 0 saturated heterocycles. The minimum absolute atomic E-state index is 0.190. The van der Waals surface area contributed by atoms with Crippen LogP contribution >= 0.6 is 0 Å². The predicted molar refractivity (Wildman–Crippen MR) is 107 cm³/mol. The number of carbonyl (C=O) groups excluding carboxylic acids is 2. The van der Waals surface area contributed by atoms with Crippen molar-refractivity contribution in [2.45, 2.75) is 57.5 Å². The number of fused-ring (bicyclic) bond motifs is 1. The van der Waals surface area contributed by atoms with Gasteiger partial charge in [0.25, 0.3) is 5.91 Å². The van der Waals surface area contributed by atoms with Crippen LogP contribution in [0.5, 0.6) is 0 Å². The van der Waals surface area contributed by atoms with Crippen LogP contribution in [0.25, 0.3) is 0 Å². The first-order valence-electron chi connectivity index (χ1n) is 9.60. The average Bonchev–Trinajstić information content (AvgIpc) is 2.98. The number of methoxy groups -OCH3 is 1. The average molecular weight is 409 g/mol. The zero-order valence-corrected chi connectivity index (χ0v) is 17.6. The van der Waals surface area contributed by atoms with Crippen molar-refractivity contribution in [3.63, 3.8) is 0 Å². The van der Waals surface area contributed by atoms with Gasteiger partial charge < -0.3 is 10.1 Å². The number of esters is 1. The largest absolute Gasteiger partial charge is 0.467 e. The Balaban J connectivity index is 1.86. The second kappa shape index (κ2) is 7.39. The van der Waals surface area contributed by atoms with E-state index in [1.165, 1.54) is 17.7 Å². The fraction of sp³-hybridized carbons (Fsp3) is 0.600. The molecule has 1 aromatic rings. The third-order valence-electron chi connectivity index (χ3n) is 5.91. The molecule has 0 radical (unpaired) electrons.